The van der Waals surface area contributed by atoms with E-state index in [4.69, 9.17) is 4.52 Å². The third-order valence-corrected chi connectivity index (χ3v) is 8.10. The molecular weight excluding hydrogens is 394 g/mol. The third kappa shape index (κ3) is 5.56. The maximum absolute atomic E-state index is 12.9. The van der Waals surface area contributed by atoms with Crippen LogP contribution in [0.15, 0.2) is 9.42 Å². The van der Waals surface area contributed by atoms with Crippen LogP contribution in [-0.2, 0) is 14.8 Å². The van der Waals surface area contributed by atoms with E-state index in [2.05, 4.69) is 27.3 Å². The number of nitrogens with zero attached hydrogens (tertiary/aromatic N) is 4. The number of hydrogen-bond donors (Lipinski definition) is 1. The molecule has 10 heteroatoms. The SMILES string of the molecule is Cc1noc(C)c1S(=O)(=O)N1CCC(CC(=O)NCCN2CCN(C)CC2)CC1. The van der Waals surface area contributed by atoms with Crippen molar-refractivity contribution in [2.24, 2.45) is 5.92 Å². The smallest absolute Gasteiger partial charge is 0.248 e. The molecule has 0 unspecified atom stereocenters. The summed E-state index contributed by atoms with van der Waals surface area (Å²) in [6, 6.07) is 0. The number of likely N-dealkylation sites (N-methyl/N-ethyl adjacent to an activating group) is 1. The third-order valence-electron chi connectivity index (χ3n) is 5.96. The van der Waals surface area contributed by atoms with Crippen molar-refractivity contribution < 1.29 is 17.7 Å². The summed E-state index contributed by atoms with van der Waals surface area (Å²) in [5, 5.41) is 6.78. The molecule has 2 aliphatic heterocycles. The van der Waals surface area contributed by atoms with E-state index in [0.29, 0.717) is 50.4 Å². The lowest BCUT2D eigenvalue weighted by Crippen LogP contribution is -2.47. The minimum absolute atomic E-state index is 0.0613. The van der Waals surface area contributed by atoms with Crippen LogP contribution in [0.4, 0.5) is 0 Å². The number of piperidine rings is 1. The number of nitrogens with one attached hydrogen (secondary N) is 1. The first kappa shape index (κ1) is 22.2. The topological polar surface area (TPSA) is 99.0 Å². The Morgan fingerprint density at radius 1 is 1.14 bits per heavy atom. The van der Waals surface area contributed by atoms with Crippen molar-refractivity contribution in [1.82, 2.24) is 24.6 Å². The van der Waals surface area contributed by atoms with Gasteiger partial charge in [0.15, 0.2) is 5.76 Å². The average Bonchev–Trinajstić information content (AvgIpc) is 3.03. The molecule has 0 aromatic carbocycles. The molecule has 0 saturated carbocycles. The quantitative estimate of drug-likeness (QED) is 0.674. The van der Waals surface area contributed by atoms with Gasteiger partial charge in [0.05, 0.1) is 0 Å². The highest BCUT2D eigenvalue weighted by Gasteiger charge is 2.34. The minimum Gasteiger partial charge on any atom is -0.360 e. The van der Waals surface area contributed by atoms with Crippen molar-refractivity contribution in [2.75, 3.05) is 59.4 Å². The van der Waals surface area contributed by atoms with Gasteiger partial charge >= 0.3 is 0 Å². The molecule has 3 heterocycles. The van der Waals surface area contributed by atoms with Crippen LogP contribution in [0.2, 0.25) is 0 Å². The number of carbonyl (C=O) groups excluding carboxylic acids is 1. The number of piperazine rings is 1. The summed E-state index contributed by atoms with van der Waals surface area (Å²) in [5.74, 6) is 0.602. The van der Waals surface area contributed by atoms with Crippen molar-refractivity contribution >= 4 is 15.9 Å². The zero-order chi connectivity index (χ0) is 21.0. The number of hydrogen-bond acceptors (Lipinski definition) is 7. The summed E-state index contributed by atoms with van der Waals surface area (Å²) in [6.07, 6.45) is 1.84. The Bertz CT molecular complexity index is 774. The van der Waals surface area contributed by atoms with Crippen LogP contribution in [0.25, 0.3) is 0 Å². The van der Waals surface area contributed by atoms with Crippen molar-refractivity contribution in [3.05, 3.63) is 11.5 Å². The highest BCUT2D eigenvalue weighted by atomic mass is 32.2. The summed E-state index contributed by atoms with van der Waals surface area (Å²) in [4.78, 5) is 17.1. The lowest BCUT2D eigenvalue weighted by molar-refractivity contribution is -0.122. The predicted octanol–water partition coefficient (Wildman–Crippen LogP) is 0.446. The number of carbonyl (C=O) groups is 1. The Hall–Kier alpha value is -1.49. The first-order valence-corrected chi connectivity index (χ1v) is 11.8. The second-order valence-corrected chi connectivity index (χ2v) is 10.1. The van der Waals surface area contributed by atoms with Crippen LogP contribution in [0.5, 0.6) is 0 Å². The molecule has 29 heavy (non-hydrogen) atoms. The van der Waals surface area contributed by atoms with Crippen LogP contribution < -0.4 is 5.32 Å². The molecule has 0 bridgehead atoms. The van der Waals surface area contributed by atoms with E-state index in [-0.39, 0.29) is 16.7 Å². The Balaban J connectivity index is 1.40. The lowest BCUT2D eigenvalue weighted by atomic mass is 9.94. The molecule has 1 N–H and O–H groups in total. The molecule has 0 spiro atoms. The molecule has 0 radical (unpaired) electrons. The van der Waals surface area contributed by atoms with Crippen molar-refractivity contribution in [2.45, 2.75) is 38.0 Å². The van der Waals surface area contributed by atoms with Crippen LogP contribution in [0, 0.1) is 19.8 Å². The fourth-order valence-electron chi connectivity index (χ4n) is 4.09. The Kier molecular flexibility index (Phi) is 7.31. The van der Waals surface area contributed by atoms with Gasteiger partial charge in [0, 0.05) is 58.8 Å². The fraction of sp³-hybridized carbons (Fsp3) is 0.789. The van der Waals surface area contributed by atoms with Gasteiger partial charge < -0.3 is 14.7 Å². The first-order valence-electron chi connectivity index (χ1n) is 10.4. The summed E-state index contributed by atoms with van der Waals surface area (Å²) in [7, 11) is -1.47. The summed E-state index contributed by atoms with van der Waals surface area (Å²) < 4.78 is 32.2. The van der Waals surface area contributed by atoms with Gasteiger partial charge in [-0.25, -0.2) is 8.42 Å². The molecule has 1 aromatic heterocycles. The highest BCUT2D eigenvalue weighted by Crippen LogP contribution is 2.28. The molecule has 1 amide bonds. The second kappa shape index (κ2) is 9.55. The largest absolute Gasteiger partial charge is 0.360 e. The van der Waals surface area contributed by atoms with E-state index in [9.17, 15) is 13.2 Å². The number of aryl methyl sites for hydroxylation is 2. The van der Waals surface area contributed by atoms with E-state index in [1.54, 1.807) is 13.8 Å². The Morgan fingerprint density at radius 3 is 2.38 bits per heavy atom. The highest BCUT2D eigenvalue weighted by molar-refractivity contribution is 7.89. The van der Waals surface area contributed by atoms with Gasteiger partial charge in [-0.15, -0.1) is 0 Å². The molecule has 0 atom stereocenters. The van der Waals surface area contributed by atoms with Gasteiger partial charge in [0.25, 0.3) is 0 Å². The number of aromatic nitrogens is 1. The summed E-state index contributed by atoms with van der Waals surface area (Å²) in [5.41, 5.74) is 0.393. The average molecular weight is 428 g/mol. The molecule has 9 nitrogen and oxygen atoms in total. The van der Waals surface area contributed by atoms with E-state index in [0.717, 1.165) is 32.7 Å². The van der Waals surface area contributed by atoms with Gasteiger partial charge in [0.1, 0.15) is 10.6 Å². The lowest BCUT2D eigenvalue weighted by Gasteiger charge is -2.32. The summed E-state index contributed by atoms with van der Waals surface area (Å²) >= 11 is 0. The zero-order valence-corrected chi connectivity index (χ0v) is 18.5. The maximum Gasteiger partial charge on any atom is 0.248 e. The fourth-order valence-corrected chi connectivity index (χ4v) is 5.85. The first-order chi connectivity index (χ1) is 13.8. The van der Waals surface area contributed by atoms with E-state index < -0.39 is 10.0 Å². The van der Waals surface area contributed by atoms with Crippen LogP contribution in [0.1, 0.15) is 30.7 Å². The molecule has 2 aliphatic rings. The maximum atomic E-state index is 12.9. The standard InChI is InChI=1S/C19H33N5O4S/c1-15-19(16(2)28-21-15)29(26,27)24-7-4-17(5-8-24)14-18(25)20-6-9-23-12-10-22(3)11-13-23/h17H,4-14H2,1-3H3,(H,20,25). The zero-order valence-electron chi connectivity index (χ0n) is 17.7. The van der Waals surface area contributed by atoms with Crippen molar-refractivity contribution in [1.29, 1.82) is 0 Å². The molecule has 0 aliphatic carbocycles. The van der Waals surface area contributed by atoms with Crippen molar-refractivity contribution in [3.8, 4) is 0 Å². The van der Waals surface area contributed by atoms with E-state index >= 15 is 0 Å². The van der Waals surface area contributed by atoms with E-state index in [1.165, 1.54) is 4.31 Å². The number of rotatable bonds is 7. The Labute approximate surface area is 173 Å². The van der Waals surface area contributed by atoms with Crippen LogP contribution >= 0.6 is 0 Å². The molecular formula is C19H33N5O4S. The molecule has 3 rings (SSSR count). The molecule has 2 saturated heterocycles. The monoisotopic (exact) mass is 427 g/mol. The predicted molar refractivity (Wildman–Crippen MR) is 109 cm³/mol. The second-order valence-electron chi connectivity index (χ2n) is 8.20. The van der Waals surface area contributed by atoms with Gasteiger partial charge in [-0.1, -0.05) is 5.16 Å². The van der Waals surface area contributed by atoms with Crippen LogP contribution in [0.3, 0.4) is 0 Å². The van der Waals surface area contributed by atoms with Gasteiger partial charge in [-0.2, -0.15) is 4.31 Å². The van der Waals surface area contributed by atoms with Gasteiger partial charge in [0.2, 0.25) is 15.9 Å². The molecule has 1 aromatic rings. The van der Waals surface area contributed by atoms with Crippen molar-refractivity contribution in [3.63, 3.8) is 0 Å². The minimum atomic E-state index is -3.59. The normalized spacial score (nSPS) is 20.8. The van der Waals surface area contributed by atoms with Gasteiger partial charge in [-0.05, 0) is 39.7 Å². The summed E-state index contributed by atoms with van der Waals surface area (Å²) in [6.45, 7) is 9.89. The van der Waals surface area contributed by atoms with Gasteiger partial charge in [-0.3, -0.25) is 9.69 Å². The number of sulfonamides is 1. The molecule has 2 fully saturated rings. The number of amides is 1. The van der Waals surface area contributed by atoms with Crippen LogP contribution in [-0.4, -0.2) is 93.0 Å². The Morgan fingerprint density at radius 2 is 1.79 bits per heavy atom. The molecule has 164 valence electrons. The van der Waals surface area contributed by atoms with E-state index in [1.807, 2.05) is 0 Å².